The Morgan fingerprint density at radius 2 is 2.00 bits per heavy atom. The highest BCUT2D eigenvalue weighted by molar-refractivity contribution is 5.64. The van der Waals surface area contributed by atoms with Gasteiger partial charge in [-0.25, -0.2) is 0 Å². The van der Waals surface area contributed by atoms with E-state index in [0.29, 0.717) is 23.0 Å². The van der Waals surface area contributed by atoms with Crippen molar-refractivity contribution in [3.05, 3.63) is 36.0 Å². The highest BCUT2D eigenvalue weighted by Gasteiger charge is 2.08. The second kappa shape index (κ2) is 6.48. The summed E-state index contributed by atoms with van der Waals surface area (Å²) in [6.07, 6.45) is 1.54. The van der Waals surface area contributed by atoms with Crippen LogP contribution in [0.3, 0.4) is 0 Å². The largest absolute Gasteiger partial charge is 0.340 e. The highest BCUT2D eigenvalue weighted by atomic mass is 15.3. The van der Waals surface area contributed by atoms with E-state index in [2.05, 4.69) is 26.6 Å². The molecule has 20 heavy (non-hydrogen) atoms. The Hall–Kier alpha value is -2.68. The molecule has 0 unspecified atom stereocenters. The van der Waals surface area contributed by atoms with Gasteiger partial charge in [-0.05, 0) is 26.0 Å². The third-order valence-electron chi connectivity index (χ3n) is 2.90. The standard InChI is InChI=1S/C14H16N6/c1-3-20(4-2)14-18-13(10-16-19-14)17-12-8-6-5-7-11(12)9-15/h5-8,10H,3-4H2,1-2H3,(H,17,18,19). The van der Waals surface area contributed by atoms with Crippen LogP contribution in [-0.2, 0) is 0 Å². The summed E-state index contributed by atoms with van der Waals surface area (Å²) in [4.78, 5) is 6.43. The molecule has 1 heterocycles. The second-order valence-electron chi connectivity index (χ2n) is 4.10. The lowest BCUT2D eigenvalue weighted by atomic mass is 10.2. The lowest BCUT2D eigenvalue weighted by molar-refractivity contribution is 0.796. The monoisotopic (exact) mass is 268 g/mol. The fraction of sp³-hybridized carbons (Fsp3) is 0.286. The third kappa shape index (κ3) is 3.01. The van der Waals surface area contributed by atoms with Crippen LogP contribution in [0.1, 0.15) is 19.4 Å². The number of nitrogens with one attached hydrogen (secondary N) is 1. The fourth-order valence-corrected chi connectivity index (χ4v) is 1.82. The molecule has 0 aliphatic rings. The van der Waals surface area contributed by atoms with Gasteiger partial charge in [-0.3, -0.25) is 0 Å². The normalized spacial score (nSPS) is 9.85. The van der Waals surface area contributed by atoms with Gasteiger partial charge in [-0.2, -0.15) is 15.3 Å². The number of hydrogen-bond acceptors (Lipinski definition) is 6. The zero-order valence-corrected chi connectivity index (χ0v) is 11.5. The summed E-state index contributed by atoms with van der Waals surface area (Å²) in [5.41, 5.74) is 1.27. The Kier molecular flexibility index (Phi) is 4.45. The van der Waals surface area contributed by atoms with E-state index >= 15 is 0 Å². The summed E-state index contributed by atoms with van der Waals surface area (Å²) in [6, 6.07) is 9.41. The molecule has 6 nitrogen and oxygen atoms in total. The average Bonchev–Trinajstić information content (AvgIpc) is 2.49. The SMILES string of the molecule is CCN(CC)c1nncc(Nc2ccccc2C#N)n1. The average molecular weight is 268 g/mol. The van der Waals surface area contributed by atoms with Crippen LogP contribution in [0.5, 0.6) is 0 Å². The maximum atomic E-state index is 9.07. The van der Waals surface area contributed by atoms with E-state index in [-0.39, 0.29) is 0 Å². The van der Waals surface area contributed by atoms with Crippen molar-refractivity contribution in [1.82, 2.24) is 15.2 Å². The van der Waals surface area contributed by atoms with Gasteiger partial charge in [0.1, 0.15) is 6.07 Å². The van der Waals surface area contributed by atoms with Gasteiger partial charge in [0.2, 0.25) is 5.95 Å². The fourth-order valence-electron chi connectivity index (χ4n) is 1.82. The number of hydrogen-bond donors (Lipinski definition) is 1. The molecular formula is C14H16N6. The summed E-state index contributed by atoms with van der Waals surface area (Å²) in [5, 5.41) is 20.2. The van der Waals surface area contributed by atoms with Crippen molar-refractivity contribution in [3.8, 4) is 6.07 Å². The first-order chi connectivity index (χ1) is 9.78. The van der Waals surface area contributed by atoms with Crippen LogP contribution >= 0.6 is 0 Å². The summed E-state index contributed by atoms with van der Waals surface area (Å²) >= 11 is 0. The molecule has 0 aliphatic heterocycles. The molecule has 102 valence electrons. The minimum Gasteiger partial charge on any atom is -0.340 e. The number of anilines is 3. The summed E-state index contributed by atoms with van der Waals surface area (Å²) in [6.45, 7) is 5.71. The molecule has 2 rings (SSSR count). The van der Waals surface area contributed by atoms with Crippen LogP contribution in [-0.4, -0.2) is 28.3 Å². The van der Waals surface area contributed by atoms with Crippen LogP contribution in [0.15, 0.2) is 30.5 Å². The van der Waals surface area contributed by atoms with E-state index in [9.17, 15) is 0 Å². The summed E-state index contributed by atoms with van der Waals surface area (Å²) < 4.78 is 0. The molecule has 0 bridgehead atoms. The van der Waals surface area contributed by atoms with Crippen molar-refractivity contribution >= 4 is 17.5 Å². The van der Waals surface area contributed by atoms with Gasteiger partial charge >= 0.3 is 0 Å². The lowest BCUT2D eigenvalue weighted by Crippen LogP contribution is -2.24. The smallest absolute Gasteiger partial charge is 0.247 e. The Labute approximate surface area is 118 Å². The van der Waals surface area contributed by atoms with Crippen LogP contribution in [0, 0.1) is 11.3 Å². The van der Waals surface area contributed by atoms with Crippen molar-refractivity contribution in [2.24, 2.45) is 0 Å². The summed E-state index contributed by atoms with van der Waals surface area (Å²) in [5.74, 6) is 1.15. The van der Waals surface area contributed by atoms with Crippen molar-refractivity contribution in [1.29, 1.82) is 5.26 Å². The maximum Gasteiger partial charge on any atom is 0.247 e. The number of rotatable bonds is 5. The zero-order valence-electron chi connectivity index (χ0n) is 11.5. The third-order valence-corrected chi connectivity index (χ3v) is 2.90. The molecule has 0 radical (unpaired) electrons. The molecule has 0 aliphatic carbocycles. The maximum absolute atomic E-state index is 9.07. The molecular weight excluding hydrogens is 252 g/mol. The molecule has 2 aromatic rings. The zero-order chi connectivity index (χ0) is 14.4. The van der Waals surface area contributed by atoms with Crippen molar-refractivity contribution in [2.45, 2.75) is 13.8 Å². The van der Waals surface area contributed by atoms with Crippen molar-refractivity contribution < 1.29 is 0 Å². The Morgan fingerprint density at radius 1 is 1.25 bits per heavy atom. The Bertz CT molecular complexity index is 615. The van der Waals surface area contributed by atoms with E-state index in [0.717, 1.165) is 13.1 Å². The van der Waals surface area contributed by atoms with Crippen molar-refractivity contribution in [2.75, 3.05) is 23.3 Å². The van der Waals surface area contributed by atoms with Gasteiger partial charge in [0.25, 0.3) is 0 Å². The van der Waals surface area contributed by atoms with Gasteiger partial charge in [-0.1, -0.05) is 12.1 Å². The quantitative estimate of drug-likeness (QED) is 0.896. The molecule has 0 fully saturated rings. The Balaban J connectivity index is 2.26. The molecule has 0 spiro atoms. The number of nitriles is 1. The predicted molar refractivity (Wildman–Crippen MR) is 77.8 cm³/mol. The molecule has 0 saturated carbocycles. The predicted octanol–water partition coefficient (Wildman–Crippen LogP) is 2.33. The van der Waals surface area contributed by atoms with E-state index in [4.69, 9.17) is 5.26 Å². The minimum absolute atomic E-state index is 0.565. The summed E-state index contributed by atoms with van der Waals surface area (Å²) in [7, 11) is 0. The van der Waals surface area contributed by atoms with Gasteiger partial charge in [0, 0.05) is 13.1 Å². The molecule has 1 aromatic carbocycles. The van der Waals surface area contributed by atoms with E-state index in [1.807, 2.05) is 36.9 Å². The Morgan fingerprint density at radius 3 is 2.70 bits per heavy atom. The van der Waals surface area contributed by atoms with Gasteiger partial charge in [0.15, 0.2) is 5.82 Å². The molecule has 6 heteroatoms. The first-order valence-electron chi connectivity index (χ1n) is 6.49. The van der Waals surface area contributed by atoms with Gasteiger partial charge in [-0.15, -0.1) is 5.10 Å². The minimum atomic E-state index is 0.565. The van der Waals surface area contributed by atoms with Crippen LogP contribution in [0.2, 0.25) is 0 Å². The van der Waals surface area contributed by atoms with E-state index in [1.54, 1.807) is 12.3 Å². The number of aromatic nitrogens is 3. The second-order valence-corrected chi connectivity index (χ2v) is 4.10. The van der Waals surface area contributed by atoms with Gasteiger partial charge in [0.05, 0.1) is 17.4 Å². The van der Waals surface area contributed by atoms with E-state index in [1.165, 1.54) is 0 Å². The number of benzene rings is 1. The molecule has 1 N–H and O–H groups in total. The van der Waals surface area contributed by atoms with Crippen LogP contribution in [0.4, 0.5) is 17.5 Å². The first-order valence-corrected chi connectivity index (χ1v) is 6.49. The lowest BCUT2D eigenvalue weighted by Gasteiger charge is -2.18. The molecule has 0 amide bonds. The number of para-hydroxylation sites is 1. The van der Waals surface area contributed by atoms with Crippen molar-refractivity contribution in [3.63, 3.8) is 0 Å². The molecule has 1 aromatic heterocycles. The van der Waals surface area contributed by atoms with Crippen LogP contribution in [0.25, 0.3) is 0 Å². The first kappa shape index (κ1) is 13.7. The molecule has 0 saturated heterocycles. The van der Waals surface area contributed by atoms with E-state index < -0.39 is 0 Å². The highest BCUT2D eigenvalue weighted by Crippen LogP contribution is 2.19. The topological polar surface area (TPSA) is 77.7 Å². The molecule has 0 atom stereocenters. The van der Waals surface area contributed by atoms with Crippen LogP contribution < -0.4 is 10.2 Å². The number of nitrogens with zero attached hydrogens (tertiary/aromatic N) is 5. The van der Waals surface area contributed by atoms with Gasteiger partial charge < -0.3 is 10.2 Å².